The first kappa shape index (κ1) is 10.4. The van der Waals surface area contributed by atoms with E-state index in [-0.39, 0.29) is 16.6 Å². The third-order valence-electron chi connectivity index (χ3n) is 3.96. The Morgan fingerprint density at radius 2 is 1.73 bits per heavy atom. The summed E-state index contributed by atoms with van der Waals surface area (Å²) in [5, 5.41) is 0. The minimum atomic E-state index is -0.164. The van der Waals surface area contributed by atoms with Crippen molar-refractivity contribution in [3.05, 3.63) is 41.2 Å². The molecule has 0 atom stereocenters. The first-order chi connectivity index (χ1) is 6.86. The molecule has 1 aliphatic rings. The summed E-state index contributed by atoms with van der Waals surface area (Å²) < 4.78 is 13.9. The van der Waals surface area contributed by atoms with Gasteiger partial charge in [-0.1, -0.05) is 52.0 Å². The fraction of sp³-hybridized carbons (Fsp3) is 0.429. The van der Waals surface area contributed by atoms with Crippen molar-refractivity contribution >= 4 is 6.08 Å². The molecular formula is C14H17F. The van der Waals surface area contributed by atoms with Crippen molar-refractivity contribution in [3.8, 4) is 0 Å². The molecular weight excluding hydrogens is 187 g/mol. The molecule has 0 amide bonds. The lowest BCUT2D eigenvalue weighted by atomic mass is 9.60. The number of allylic oxidation sites excluding steroid dienone is 1. The van der Waals surface area contributed by atoms with Crippen molar-refractivity contribution in [2.24, 2.45) is 5.41 Å². The smallest absolute Gasteiger partial charge is 0.127 e. The highest BCUT2D eigenvalue weighted by atomic mass is 19.1. The van der Waals surface area contributed by atoms with Crippen LogP contribution < -0.4 is 0 Å². The standard InChI is InChI=1S/C14H17F/c1-13(2)9-8-10-6-5-7-11(15)12(10)14(13,3)4/h5-9H,1-4H3. The van der Waals surface area contributed by atoms with E-state index < -0.39 is 0 Å². The van der Waals surface area contributed by atoms with Crippen LogP contribution in [-0.4, -0.2) is 0 Å². The van der Waals surface area contributed by atoms with Gasteiger partial charge in [0, 0.05) is 11.0 Å². The van der Waals surface area contributed by atoms with Crippen LogP contribution in [0.15, 0.2) is 24.3 Å². The van der Waals surface area contributed by atoms with E-state index in [0.29, 0.717) is 0 Å². The van der Waals surface area contributed by atoms with Crippen molar-refractivity contribution in [3.63, 3.8) is 0 Å². The van der Waals surface area contributed by atoms with Gasteiger partial charge in [-0.15, -0.1) is 0 Å². The topological polar surface area (TPSA) is 0 Å². The van der Waals surface area contributed by atoms with Crippen molar-refractivity contribution in [1.82, 2.24) is 0 Å². The van der Waals surface area contributed by atoms with Crippen molar-refractivity contribution in [1.29, 1.82) is 0 Å². The SMILES string of the molecule is CC1(C)C=Cc2cccc(F)c2C1(C)C. The van der Waals surface area contributed by atoms with E-state index in [1.807, 2.05) is 12.1 Å². The summed E-state index contributed by atoms with van der Waals surface area (Å²) in [7, 11) is 0. The second kappa shape index (κ2) is 2.94. The molecule has 1 aliphatic carbocycles. The lowest BCUT2D eigenvalue weighted by Gasteiger charge is -2.43. The van der Waals surface area contributed by atoms with Crippen molar-refractivity contribution in [2.45, 2.75) is 33.1 Å². The quantitative estimate of drug-likeness (QED) is 0.595. The second-order valence-electron chi connectivity index (χ2n) is 5.38. The summed E-state index contributed by atoms with van der Waals surface area (Å²) >= 11 is 0. The maximum absolute atomic E-state index is 13.9. The minimum absolute atomic E-state index is 0.0117. The molecule has 0 spiro atoms. The van der Waals surface area contributed by atoms with Gasteiger partial charge in [-0.05, 0) is 17.0 Å². The zero-order valence-electron chi connectivity index (χ0n) is 9.76. The minimum Gasteiger partial charge on any atom is -0.207 e. The molecule has 0 N–H and O–H groups in total. The van der Waals surface area contributed by atoms with Gasteiger partial charge in [-0.2, -0.15) is 0 Å². The highest BCUT2D eigenvalue weighted by Crippen LogP contribution is 2.48. The monoisotopic (exact) mass is 204 g/mol. The molecule has 0 aliphatic heterocycles. The van der Waals surface area contributed by atoms with Crippen molar-refractivity contribution < 1.29 is 4.39 Å². The van der Waals surface area contributed by atoms with Crippen LogP contribution in [-0.2, 0) is 5.41 Å². The number of halogens is 1. The Kier molecular flexibility index (Phi) is 2.04. The van der Waals surface area contributed by atoms with E-state index in [9.17, 15) is 4.39 Å². The summed E-state index contributed by atoms with van der Waals surface area (Å²) in [5.74, 6) is -0.0880. The van der Waals surface area contributed by atoms with Gasteiger partial charge in [-0.3, -0.25) is 0 Å². The number of rotatable bonds is 0. The van der Waals surface area contributed by atoms with E-state index in [0.717, 1.165) is 11.1 Å². The number of hydrogen-bond donors (Lipinski definition) is 0. The molecule has 0 saturated carbocycles. The summed E-state index contributed by atoms with van der Waals surface area (Å²) in [4.78, 5) is 0. The van der Waals surface area contributed by atoms with E-state index in [4.69, 9.17) is 0 Å². The molecule has 0 heterocycles. The summed E-state index contributed by atoms with van der Waals surface area (Å²) in [5.41, 5.74) is 1.68. The third-order valence-corrected chi connectivity index (χ3v) is 3.96. The van der Waals surface area contributed by atoms with E-state index >= 15 is 0 Å². The Labute approximate surface area is 90.8 Å². The first-order valence-electron chi connectivity index (χ1n) is 5.34. The maximum atomic E-state index is 13.9. The van der Waals surface area contributed by atoms with Crippen molar-refractivity contribution in [2.75, 3.05) is 0 Å². The largest absolute Gasteiger partial charge is 0.207 e. The predicted octanol–water partition coefficient (Wildman–Crippen LogP) is 4.16. The van der Waals surface area contributed by atoms with Crippen LogP contribution in [0.5, 0.6) is 0 Å². The van der Waals surface area contributed by atoms with Crippen LogP contribution in [0.2, 0.25) is 0 Å². The summed E-state index contributed by atoms with van der Waals surface area (Å²) in [6.07, 6.45) is 4.21. The molecule has 0 aromatic heterocycles. The zero-order chi connectivity index (χ0) is 11.3. The van der Waals surface area contributed by atoms with Gasteiger partial charge in [-0.25, -0.2) is 4.39 Å². The molecule has 2 rings (SSSR count). The van der Waals surface area contributed by atoms with Crippen LogP contribution in [0.25, 0.3) is 6.08 Å². The average Bonchev–Trinajstić information content (AvgIpc) is 2.12. The Balaban J connectivity index is 2.74. The molecule has 0 unspecified atom stereocenters. The molecule has 0 fully saturated rings. The fourth-order valence-corrected chi connectivity index (χ4v) is 2.17. The molecule has 0 bridgehead atoms. The fourth-order valence-electron chi connectivity index (χ4n) is 2.17. The van der Waals surface area contributed by atoms with Gasteiger partial charge in [0.2, 0.25) is 0 Å². The Hall–Kier alpha value is -1.11. The number of fused-ring (bicyclic) bond motifs is 1. The molecule has 0 nitrogen and oxygen atoms in total. The van der Waals surface area contributed by atoms with Gasteiger partial charge in [0.25, 0.3) is 0 Å². The molecule has 1 aromatic carbocycles. The molecule has 15 heavy (non-hydrogen) atoms. The highest BCUT2D eigenvalue weighted by molar-refractivity contribution is 5.61. The predicted molar refractivity (Wildman–Crippen MR) is 62.2 cm³/mol. The molecule has 80 valence electrons. The first-order valence-corrected chi connectivity index (χ1v) is 5.34. The van der Waals surface area contributed by atoms with Gasteiger partial charge in [0.15, 0.2) is 0 Å². The Bertz CT molecular complexity index is 425. The lowest BCUT2D eigenvalue weighted by molar-refractivity contribution is 0.256. The van der Waals surface area contributed by atoms with E-state index in [1.54, 1.807) is 12.1 Å². The average molecular weight is 204 g/mol. The molecule has 1 heteroatoms. The second-order valence-corrected chi connectivity index (χ2v) is 5.38. The van der Waals surface area contributed by atoms with Gasteiger partial charge < -0.3 is 0 Å². The van der Waals surface area contributed by atoms with E-state index in [2.05, 4.69) is 33.8 Å². The van der Waals surface area contributed by atoms with Gasteiger partial charge in [0.1, 0.15) is 5.82 Å². The van der Waals surface area contributed by atoms with Crippen LogP contribution in [0, 0.1) is 11.2 Å². The summed E-state index contributed by atoms with van der Waals surface area (Å²) in [6.45, 7) is 8.52. The van der Waals surface area contributed by atoms with Gasteiger partial charge >= 0.3 is 0 Å². The Morgan fingerprint density at radius 3 is 2.40 bits per heavy atom. The third kappa shape index (κ3) is 1.33. The lowest BCUT2D eigenvalue weighted by Crippen LogP contribution is -2.38. The normalized spacial score (nSPS) is 21.1. The molecule has 1 aromatic rings. The molecule has 0 saturated heterocycles. The Morgan fingerprint density at radius 1 is 1.07 bits per heavy atom. The number of benzene rings is 1. The number of hydrogen-bond acceptors (Lipinski definition) is 0. The van der Waals surface area contributed by atoms with E-state index in [1.165, 1.54) is 0 Å². The maximum Gasteiger partial charge on any atom is 0.127 e. The van der Waals surface area contributed by atoms with Crippen LogP contribution in [0.3, 0.4) is 0 Å². The van der Waals surface area contributed by atoms with Crippen LogP contribution >= 0.6 is 0 Å². The highest BCUT2D eigenvalue weighted by Gasteiger charge is 2.41. The van der Waals surface area contributed by atoms with Gasteiger partial charge in [0.05, 0.1) is 0 Å². The van der Waals surface area contributed by atoms with Crippen LogP contribution in [0.1, 0.15) is 38.8 Å². The summed E-state index contributed by atoms with van der Waals surface area (Å²) in [6, 6.07) is 5.30. The molecule has 0 radical (unpaired) electrons. The zero-order valence-corrected chi connectivity index (χ0v) is 9.76. The van der Waals surface area contributed by atoms with Crippen LogP contribution in [0.4, 0.5) is 4.39 Å².